The van der Waals surface area contributed by atoms with Crippen LogP contribution in [0.1, 0.15) is 12.2 Å². The number of hydrogen-bond donors (Lipinski definition) is 0. The molecule has 0 saturated carbocycles. The van der Waals surface area contributed by atoms with E-state index in [1.165, 1.54) is 0 Å². The van der Waals surface area contributed by atoms with Crippen LogP contribution in [0.5, 0.6) is 17.2 Å². The van der Waals surface area contributed by atoms with Gasteiger partial charge in [-0.05, 0) is 36.8 Å². The molecule has 0 radical (unpaired) electrons. The fourth-order valence-electron chi connectivity index (χ4n) is 3.14. The van der Waals surface area contributed by atoms with Crippen LogP contribution in [0.4, 0.5) is 0 Å². The molecule has 0 bridgehead atoms. The Kier molecular flexibility index (Phi) is 4.43. The van der Waals surface area contributed by atoms with E-state index in [9.17, 15) is 4.79 Å². The minimum atomic E-state index is -0.130. The van der Waals surface area contributed by atoms with Gasteiger partial charge in [-0.3, -0.25) is 4.79 Å². The Morgan fingerprint density at radius 3 is 2.74 bits per heavy atom. The molecule has 0 unspecified atom stereocenters. The maximum absolute atomic E-state index is 13.1. The number of rotatable bonds is 3. The van der Waals surface area contributed by atoms with Gasteiger partial charge < -0.3 is 18.6 Å². The summed E-state index contributed by atoms with van der Waals surface area (Å²) in [7, 11) is 0. The average Bonchev–Trinajstić information content (AvgIpc) is 2.91. The highest BCUT2D eigenvalue weighted by molar-refractivity contribution is 5.84. The van der Waals surface area contributed by atoms with E-state index in [-0.39, 0.29) is 12.0 Å². The van der Waals surface area contributed by atoms with Gasteiger partial charge in [0.1, 0.15) is 23.2 Å². The Hall–Kier alpha value is -3.46. The molecular weight excluding hydrogens is 346 g/mol. The summed E-state index contributed by atoms with van der Waals surface area (Å²) in [5, 5.41) is 9.08. The summed E-state index contributed by atoms with van der Waals surface area (Å²) in [5.41, 5.74) is 1.50. The van der Waals surface area contributed by atoms with Crippen molar-refractivity contribution in [3.63, 3.8) is 0 Å². The Morgan fingerprint density at radius 1 is 1.11 bits per heavy atom. The lowest BCUT2D eigenvalue weighted by Crippen LogP contribution is -2.08. The van der Waals surface area contributed by atoms with Crippen LogP contribution < -0.4 is 19.6 Å². The van der Waals surface area contributed by atoms with E-state index in [0.717, 1.165) is 12.0 Å². The van der Waals surface area contributed by atoms with Crippen molar-refractivity contribution < 1.29 is 18.6 Å². The molecule has 6 heteroatoms. The van der Waals surface area contributed by atoms with E-state index in [2.05, 4.69) is 0 Å². The molecule has 0 spiro atoms. The van der Waals surface area contributed by atoms with E-state index in [1.807, 2.05) is 24.3 Å². The average molecular weight is 363 g/mol. The molecule has 3 aromatic rings. The quantitative estimate of drug-likeness (QED) is 0.703. The van der Waals surface area contributed by atoms with E-state index in [0.29, 0.717) is 52.8 Å². The van der Waals surface area contributed by atoms with Crippen LogP contribution in [-0.2, 0) is 0 Å². The van der Waals surface area contributed by atoms with Crippen LogP contribution in [0.3, 0.4) is 0 Å². The lowest BCUT2D eigenvalue weighted by molar-refractivity contribution is 0.297. The number of fused-ring (bicyclic) bond motifs is 2. The van der Waals surface area contributed by atoms with E-state index >= 15 is 0 Å². The summed E-state index contributed by atoms with van der Waals surface area (Å²) < 4.78 is 22.5. The highest BCUT2D eigenvalue weighted by Gasteiger charge is 2.17. The predicted octanol–water partition coefficient (Wildman–Crippen LogP) is 3.83. The molecule has 0 saturated heterocycles. The first-order valence-corrected chi connectivity index (χ1v) is 8.64. The normalized spacial score (nSPS) is 13.0. The van der Waals surface area contributed by atoms with Crippen molar-refractivity contribution in [2.45, 2.75) is 13.3 Å². The summed E-state index contributed by atoms with van der Waals surface area (Å²) in [6.07, 6.45) is 0.817. The molecule has 6 nitrogen and oxygen atoms in total. The fraction of sp³-hybridized carbons (Fsp3) is 0.238. The van der Waals surface area contributed by atoms with Crippen molar-refractivity contribution >= 4 is 11.0 Å². The summed E-state index contributed by atoms with van der Waals surface area (Å²) in [6.45, 7) is 2.87. The number of benzene rings is 2. The van der Waals surface area contributed by atoms with Crippen molar-refractivity contribution in [2.75, 3.05) is 19.8 Å². The van der Waals surface area contributed by atoms with Crippen LogP contribution in [-0.4, -0.2) is 19.8 Å². The van der Waals surface area contributed by atoms with Gasteiger partial charge in [0.05, 0.1) is 24.2 Å². The van der Waals surface area contributed by atoms with E-state index in [1.54, 1.807) is 25.1 Å². The molecule has 4 rings (SSSR count). The zero-order valence-electron chi connectivity index (χ0n) is 14.8. The van der Waals surface area contributed by atoms with Crippen LogP contribution >= 0.6 is 0 Å². The topological polar surface area (TPSA) is 81.7 Å². The zero-order valence-corrected chi connectivity index (χ0v) is 14.8. The van der Waals surface area contributed by atoms with Gasteiger partial charge in [0.25, 0.3) is 0 Å². The highest BCUT2D eigenvalue weighted by Crippen LogP contribution is 2.35. The molecular formula is C21H17NO5. The number of nitriles is 1. The number of nitrogens with zero attached hydrogens (tertiary/aromatic N) is 1. The predicted molar refractivity (Wildman–Crippen MR) is 99.4 cm³/mol. The third-order valence-corrected chi connectivity index (χ3v) is 4.38. The molecule has 1 aliphatic rings. The second kappa shape index (κ2) is 7.04. The van der Waals surface area contributed by atoms with Gasteiger partial charge in [0, 0.05) is 12.5 Å². The summed E-state index contributed by atoms with van der Waals surface area (Å²) in [6, 6.07) is 12.3. The van der Waals surface area contributed by atoms with Crippen LogP contribution in [0.15, 0.2) is 45.6 Å². The molecule has 0 amide bonds. The second-order valence-corrected chi connectivity index (χ2v) is 6.18. The fourth-order valence-corrected chi connectivity index (χ4v) is 3.14. The molecule has 2 aromatic carbocycles. The standard InChI is InChI=1S/C21H17NO5/c1-13-20(14-3-6-17-19(11-14)26-9-2-8-25-17)21(23)16-5-4-15(24-10-7-22)12-18(16)27-13/h3-6,11-12H,2,8-10H2,1H3. The molecule has 0 aliphatic carbocycles. The van der Waals surface area contributed by atoms with Gasteiger partial charge in [-0.1, -0.05) is 6.07 Å². The van der Waals surface area contributed by atoms with Gasteiger partial charge >= 0.3 is 0 Å². The van der Waals surface area contributed by atoms with Crippen molar-refractivity contribution in [3.05, 3.63) is 52.4 Å². The van der Waals surface area contributed by atoms with Gasteiger partial charge in [0.2, 0.25) is 5.43 Å². The number of aryl methyl sites for hydroxylation is 1. The van der Waals surface area contributed by atoms with Crippen LogP contribution in [0.2, 0.25) is 0 Å². The molecule has 1 aliphatic heterocycles. The van der Waals surface area contributed by atoms with Gasteiger partial charge in [-0.2, -0.15) is 5.26 Å². The zero-order chi connectivity index (χ0) is 18.8. The largest absolute Gasteiger partial charge is 0.490 e. The maximum Gasteiger partial charge on any atom is 0.200 e. The second-order valence-electron chi connectivity index (χ2n) is 6.18. The first-order valence-electron chi connectivity index (χ1n) is 8.64. The van der Waals surface area contributed by atoms with Gasteiger partial charge in [-0.25, -0.2) is 0 Å². The lowest BCUT2D eigenvalue weighted by Gasteiger charge is -2.11. The van der Waals surface area contributed by atoms with Gasteiger partial charge in [0.15, 0.2) is 18.1 Å². The molecule has 136 valence electrons. The summed E-state index contributed by atoms with van der Waals surface area (Å²) in [4.78, 5) is 13.1. The molecule has 2 heterocycles. The van der Waals surface area contributed by atoms with Crippen molar-refractivity contribution in [2.24, 2.45) is 0 Å². The van der Waals surface area contributed by atoms with Crippen LogP contribution in [0, 0.1) is 18.3 Å². The monoisotopic (exact) mass is 363 g/mol. The lowest BCUT2D eigenvalue weighted by atomic mass is 10.0. The maximum atomic E-state index is 13.1. The molecule has 1 aromatic heterocycles. The SMILES string of the molecule is Cc1oc2cc(OCC#N)ccc2c(=O)c1-c1ccc2c(c1)OCCCO2. The minimum Gasteiger partial charge on any atom is -0.490 e. The Balaban J connectivity index is 1.82. The van der Waals surface area contributed by atoms with Crippen molar-refractivity contribution in [1.29, 1.82) is 5.26 Å². The van der Waals surface area contributed by atoms with Crippen molar-refractivity contribution in [3.8, 4) is 34.4 Å². The highest BCUT2D eigenvalue weighted by atomic mass is 16.5. The third-order valence-electron chi connectivity index (χ3n) is 4.38. The van der Waals surface area contributed by atoms with Gasteiger partial charge in [-0.15, -0.1) is 0 Å². The number of hydrogen-bond acceptors (Lipinski definition) is 6. The Morgan fingerprint density at radius 2 is 1.93 bits per heavy atom. The molecule has 0 N–H and O–H groups in total. The van der Waals surface area contributed by atoms with Crippen LogP contribution in [0.25, 0.3) is 22.1 Å². The summed E-state index contributed by atoms with van der Waals surface area (Å²) in [5.74, 6) is 2.29. The Bertz CT molecular complexity index is 1110. The molecule has 0 atom stereocenters. The smallest absolute Gasteiger partial charge is 0.200 e. The third kappa shape index (κ3) is 3.20. The van der Waals surface area contributed by atoms with Crippen molar-refractivity contribution in [1.82, 2.24) is 0 Å². The number of ether oxygens (including phenoxy) is 3. The molecule has 0 fully saturated rings. The Labute approximate surface area is 155 Å². The minimum absolute atomic E-state index is 0.0655. The van der Waals surface area contributed by atoms with E-state index in [4.69, 9.17) is 23.9 Å². The first-order chi connectivity index (χ1) is 13.2. The van der Waals surface area contributed by atoms with E-state index < -0.39 is 0 Å². The molecule has 27 heavy (non-hydrogen) atoms. The first kappa shape index (κ1) is 17.0. The summed E-state index contributed by atoms with van der Waals surface area (Å²) >= 11 is 0.